The van der Waals surface area contributed by atoms with E-state index in [1.54, 1.807) is 24.3 Å². The van der Waals surface area contributed by atoms with E-state index in [0.29, 0.717) is 11.4 Å². The van der Waals surface area contributed by atoms with Crippen molar-refractivity contribution in [3.05, 3.63) is 76.8 Å². The minimum absolute atomic E-state index is 0.220. The number of carbonyl (C=O) groups is 1. The third kappa shape index (κ3) is 4.14. The van der Waals surface area contributed by atoms with E-state index in [1.807, 2.05) is 12.1 Å². The van der Waals surface area contributed by atoms with Crippen molar-refractivity contribution in [2.24, 2.45) is 0 Å². The monoisotopic (exact) mass is 386 g/mol. The molecule has 1 heterocycles. The van der Waals surface area contributed by atoms with E-state index >= 15 is 0 Å². The number of amides is 1. The Labute approximate surface area is 146 Å². The molecule has 0 aliphatic heterocycles. The van der Waals surface area contributed by atoms with E-state index in [9.17, 15) is 9.18 Å². The van der Waals surface area contributed by atoms with Gasteiger partial charge in [0.1, 0.15) is 11.5 Å². The van der Waals surface area contributed by atoms with Gasteiger partial charge in [0, 0.05) is 22.0 Å². The van der Waals surface area contributed by atoms with Crippen molar-refractivity contribution in [2.45, 2.75) is 0 Å². The summed E-state index contributed by atoms with van der Waals surface area (Å²) >= 11 is 3.34. The van der Waals surface area contributed by atoms with Crippen LogP contribution in [0.15, 0.2) is 65.3 Å². The number of carbonyl (C=O) groups excluding carboxylic acids is 1. The zero-order chi connectivity index (χ0) is 16.9. The Kier molecular flexibility index (Phi) is 4.81. The van der Waals surface area contributed by atoms with Crippen molar-refractivity contribution in [3.8, 4) is 0 Å². The maximum atomic E-state index is 12.9. The van der Waals surface area contributed by atoms with Gasteiger partial charge in [0.15, 0.2) is 0 Å². The lowest BCUT2D eigenvalue weighted by molar-refractivity contribution is 0.102. The Morgan fingerprint density at radius 3 is 2.33 bits per heavy atom. The fourth-order valence-electron chi connectivity index (χ4n) is 1.94. The van der Waals surface area contributed by atoms with Gasteiger partial charge in [0.2, 0.25) is 5.95 Å². The maximum absolute atomic E-state index is 12.9. The summed E-state index contributed by atoms with van der Waals surface area (Å²) in [4.78, 5) is 20.5. The van der Waals surface area contributed by atoms with Gasteiger partial charge in [0.05, 0.1) is 0 Å². The molecule has 0 saturated heterocycles. The van der Waals surface area contributed by atoms with E-state index in [1.165, 1.54) is 24.4 Å². The molecule has 0 fully saturated rings. The number of hydrogen-bond acceptors (Lipinski definition) is 4. The maximum Gasteiger partial charge on any atom is 0.274 e. The van der Waals surface area contributed by atoms with Crippen LogP contribution >= 0.6 is 15.9 Å². The van der Waals surface area contributed by atoms with Crippen LogP contribution in [-0.2, 0) is 0 Å². The van der Waals surface area contributed by atoms with Crippen LogP contribution in [0.25, 0.3) is 0 Å². The molecule has 5 nitrogen and oxygen atoms in total. The first kappa shape index (κ1) is 16.1. The Morgan fingerprint density at radius 2 is 1.62 bits per heavy atom. The Hall–Kier alpha value is -2.80. The minimum atomic E-state index is -0.345. The first-order valence-electron chi connectivity index (χ1n) is 7.03. The van der Waals surface area contributed by atoms with Crippen LogP contribution in [0.3, 0.4) is 0 Å². The summed E-state index contributed by atoms with van der Waals surface area (Å²) in [5.74, 6) is -0.420. The molecule has 1 amide bonds. The van der Waals surface area contributed by atoms with E-state index < -0.39 is 0 Å². The molecule has 0 radical (unpaired) electrons. The molecule has 3 aromatic rings. The highest BCUT2D eigenvalue weighted by atomic mass is 79.9. The molecule has 0 saturated carbocycles. The number of rotatable bonds is 4. The Morgan fingerprint density at radius 1 is 0.958 bits per heavy atom. The molecule has 0 spiro atoms. The fourth-order valence-corrected chi connectivity index (χ4v) is 2.20. The SMILES string of the molecule is O=C(Nc1ccc(Br)cc1)c1ccnc(Nc2ccc(F)cc2)n1. The summed E-state index contributed by atoms with van der Waals surface area (Å²) in [5.41, 5.74) is 1.51. The number of hydrogen-bond donors (Lipinski definition) is 2. The lowest BCUT2D eigenvalue weighted by Crippen LogP contribution is -2.14. The highest BCUT2D eigenvalue weighted by Gasteiger charge is 2.09. The Balaban J connectivity index is 1.73. The van der Waals surface area contributed by atoms with Crippen molar-refractivity contribution in [2.75, 3.05) is 10.6 Å². The molecule has 0 unspecified atom stereocenters. The molecule has 2 aromatic carbocycles. The van der Waals surface area contributed by atoms with Crippen LogP contribution in [0.1, 0.15) is 10.5 Å². The largest absolute Gasteiger partial charge is 0.324 e. The average Bonchev–Trinajstić information content (AvgIpc) is 2.59. The molecule has 0 aliphatic rings. The summed E-state index contributed by atoms with van der Waals surface area (Å²) < 4.78 is 13.8. The molecule has 120 valence electrons. The quantitative estimate of drug-likeness (QED) is 0.698. The van der Waals surface area contributed by atoms with Crippen molar-refractivity contribution < 1.29 is 9.18 Å². The van der Waals surface area contributed by atoms with Gasteiger partial charge in [0.25, 0.3) is 5.91 Å². The lowest BCUT2D eigenvalue weighted by Gasteiger charge is -2.07. The zero-order valence-corrected chi connectivity index (χ0v) is 13.9. The van der Waals surface area contributed by atoms with Crippen molar-refractivity contribution in [3.63, 3.8) is 0 Å². The normalized spacial score (nSPS) is 10.2. The summed E-state index contributed by atoms with van der Waals surface area (Å²) in [7, 11) is 0. The van der Waals surface area contributed by atoms with E-state index in [2.05, 4.69) is 36.5 Å². The molecule has 24 heavy (non-hydrogen) atoms. The van der Waals surface area contributed by atoms with Gasteiger partial charge in [-0.05, 0) is 54.6 Å². The molecule has 1 aromatic heterocycles. The second-order valence-corrected chi connectivity index (χ2v) is 5.77. The van der Waals surface area contributed by atoms with Gasteiger partial charge >= 0.3 is 0 Å². The minimum Gasteiger partial charge on any atom is -0.324 e. The predicted octanol–water partition coefficient (Wildman–Crippen LogP) is 4.37. The lowest BCUT2D eigenvalue weighted by atomic mass is 10.3. The third-order valence-electron chi connectivity index (χ3n) is 3.09. The van der Waals surface area contributed by atoms with E-state index in [4.69, 9.17) is 0 Å². The summed E-state index contributed by atoms with van der Waals surface area (Å²) in [6.07, 6.45) is 1.48. The molecule has 7 heteroatoms. The van der Waals surface area contributed by atoms with Gasteiger partial charge in [-0.25, -0.2) is 14.4 Å². The molecule has 3 rings (SSSR count). The number of aromatic nitrogens is 2. The predicted molar refractivity (Wildman–Crippen MR) is 93.8 cm³/mol. The Bertz CT molecular complexity index is 853. The van der Waals surface area contributed by atoms with E-state index in [0.717, 1.165) is 4.47 Å². The van der Waals surface area contributed by atoms with Crippen molar-refractivity contribution in [1.82, 2.24) is 9.97 Å². The number of nitrogens with one attached hydrogen (secondary N) is 2. The average molecular weight is 387 g/mol. The van der Waals surface area contributed by atoms with Crippen LogP contribution < -0.4 is 10.6 Å². The zero-order valence-electron chi connectivity index (χ0n) is 12.3. The van der Waals surface area contributed by atoms with Crippen LogP contribution in [-0.4, -0.2) is 15.9 Å². The van der Waals surface area contributed by atoms with Crippen LogP contribution in [0.5, 0.6) is 0 Å². The third-order valence-corrected chi connectivity index (χ3v) is 3.62. The molecule has 0 atom stereocenters. The standard InChI is InChI=1S/C17H12BrFN4O/c18-11-1-5-13(6-2-11)21-16(24)15-9-10-20-17(23-15)22-14-7-3-12(19)4-8-14/h1-10H,(H,21,24)(H,20,22,23). The highest BCUT2D eigenvalue weighted by molar-refractivity contribution is 9.10. The molecule has 0 bridgehead atoms. The molecule has 0 aliphatic carbocycles. The van der Waals surface area contributed by atoms with E-state index in [-0.39, 0.29) is 23.4 Å². The second-order valence-electron chi connectivity index (χ2n) is 4.86. The fraction of sp³-hybridized carbons (Fsp3) is 0. The first-order valence-corrected chi connectivity index (χ1v) is 7.82. The van der Waals surface area contributed by atoms with Gasteiger partial charge in [-0.3, -0.25) is 4.79 Å². The summed E-state index contributed by atoms with van der Waals surface area (Å²) in [6.45, 7) is 0. The first-order chi connectivity index (χ1) is 11.6. The van der Waals surface area contributed by atoms with Gasteiger partial charge in [-0.2, -0.15) is 0 Å². The van der Waals surface area contributed by atoms with Crippen LogP contribution in [0, 0.1) is 5.82 Å². The smallest absolute Gasteiger partial charge is 0.274 e. The summed E-state index contributed by atoms with van der Waals surface area (Å²) in [5, 5.41) is 5.68. The van der Waals surface area contributed by atoms with Crippen LogP contribution in [0.2, 0.25) is 0 Å². The van der Waals surface area contributed by atoms with Gasteiger partial charge in [-0.1, -0.05) is 15.9 Å². The molecular weight excluding hydrogens is 375 g/mol. The summed E-state index contributed by atoms with van der Waals surface area (Å²) in [6, 6.07) is 14.5. The van der Waals surface area contributed by atoms with Crippen molar-refractivity contribution in [1.29, 1.82) is 0 Å². The van der Waals surface area contributed by atoms with Gasteiger partial charge < -0.3 is 10.6 Å². The molecular formula is C17H12BrFN4O. The second kappa shape index (κ2) is 7.18. The molecule has 2 N–H and O–H groups in total. The van der Waals surface area contributed by atoms with Crippen LogP contribution in [0.4, 0.5) is 21.7 Å². The number of anilines is 3. The number of halogens is 2. The topological polar surface area (TPSA) is 66.9 Å². The van der Waals surface area contributed by atoms with Gasteiger partial charge in [-0.15, -0.1) is 0 Å². The van der Waals surface area contributed by atoms with Crippen molar-refractivity contribution >= 4 is 39.2 Å². The highest BCUT2D eigenvalue weighted by Crippen LogP contribution is 2.16. The number of benzene rings is 2. The number of nitrogens with zero attached hydrogens (tertiary/aromatic N) is 2.